The Morgan fingerprint density at radius 2 is 2.07 bits per heavy atom. The van der Waals surface area contributed by atoms with E-state index in [0.29, 0.717) is 54.6 Å². The van der Waals surface area contributed by atoms with E-state index >= 15 is 0 Å². The standard InChI is InChI=1S/C25H38O4/c1-15(5-10-23(28)29-4)19-8-9-20-18-7-6-16-13-17(26)11-12-24(16,2)21(18)14-22(27)25(19,20)3/h6,15,18-22,27H,5,7-14H2,1-4H3/t15-,18+,19-,20+,21+,22+,24+,25-/m1/s1. The minimum atomic E-state index is -0.296. The van der Waals surface area contributed by atoms with Crippen LogP contribution in [0, 0.1) is 40.4 Å². The first-order valence-corrected chi connectivity index (χ1v) is 11.7. The Labute approximate surface area is 175 Å². The molecule has 8 atom stereocenters. The summed E-state index contributed by atoms with van der Waals surface area (Å²) in [7, 11) is 1.45. The van der Waals surface area contributed by atoms with Gasteiger partial charge >= 0.3 is 5.97 Å². The van der Waals surface area contributed by atoms with Gasteiger partial charge in [-0.3, -0.25) is 9.59 Å². The lowest BCUT2D eigenvalue weighted by Gasteiger charge is -2.59. The number of esters is 1. The second-order valence-electron chi connectivity index (χ2n) is 10.9. The van der Waals surface area contributed by atoms with Crippen LogP contribution in [0.5, 0.6) is 0 Å². The number of methoxy groups -OCH3 is 1. The van der Waals surface area contributed by atoms with E-state index < -0.39 is 0 Å². The highest BCUT2D eigenvalue weighted by atomic mass is 16.5. The van der Waals surface area contributed by atoms with Crippen molar-refractivity contribution in [2.45, 2.75) is 84.7 Å². The molecular weight excluding hydrogens is 364 g/mol. The summed E-state index contributed by atoms with van der Waals surface area (Å²) in [6.07, 6.45) is 9.94. The van der Waals surface area contributed by atoms with Gasteiger partial charge in [-0.1, -0.05) is 32.4 Å². The van der Waals surface area contributed by atoms with Gasteiger partial charge in [-0.2, -0.15) is 0 Å². The van der Waals surface area contributed by atoms with Gasteiger partial charge in [0.05, 0.1) is 13.2 Å². The van der Waals surface area contributed by atoms with Crippen LogP contribution in [-0.4, -0.2) is 30.1 Å². The average molecular weight is 403 g/mol. The summed E-state index contributed by atoms with van der Waals surface area (Å²) >= 11 is 0. The van der Waals surface area contributed by atoms with Gasteiger partial charge in [0.2, 0.25) is 0 Å². The first kappa shape index (κ1) is 21.1. The molecule has 0 radical (unpaired) electrons. The maximum Gasteiger partial charge on any atom is 0.305 e. The predicted molar refractivity (Wildman–Crippen MR) is 112 cm³/mol. The first-order chi connectivity index (χ1) is 13.7. The zero-order valence-electron chi connectivity index (χ0n) is 18.6. The normalized spacial score (nSPS) is 44.9. The van der Waals surface area contributed by atoms with Crippen LogP contribution in [0.1, 0.15) is 78.6 Å². The SMILES string of the molecule is COC(=O)CC[C@@H](C)[C@H]1CC[C@H]2[C@@H]3CC=C4CC(=O)CC[C@]4(C)[C@H]3C[C@H](O)[C@]12C. The number of ketones is 1. The molecule has 0 saturated heterocycles. The van der Waals surface area contributed by atoms with Crippen LogP contribution in [0.4, 0.5) is 0 Å². The number of hydrogen-bond acceptors (Lipinski definition) is 4. The monoisotopic (exact) mass is 402 g/mol. The average Bonchev–Trinajstić information content (AvgIpc) is 3.06. The second-order valence-corrected chi connectivity index (χ2v) is 10.9. The molecule has 0 aromatic heterocycles. The van der Waals surface area contributed by atoms with Crippen molar-refractivity contribution in [3.05, 3.63) is 11.6 Å². The van der Waals surface area contributed by atoms with E-state index in [4.69, 9.17) is 4.74 Å². The molecule has 3 fully saturated rings. The van der Waals surface area contributed by atoms with E-state index in [1.165, 1.54) is 19.1 Å². The highest BCUT2D eigenvalue weighted by molar-refractivity contribution is 5.82. The molecule has 0 amide bonds. The molecule has 0 aliphatic heterocycles. The number of hydrogen-bond donors (Lipinski definition) is 1. The Bertz CT molecular complexity index is 712. The fourth-order valence-electron chi connectivity index (χ4n) is 8.05. The zero-order valence-corrected chi connectivity index (χ0v) is 18.6. The molecule has 162 valence electrons. The molecule has 0 aromatic rings. The van der Waals surface area contributed by atoms with E-state index in [0.717, 1.165) is 32.1 Å². The predicted octanol–water partition coefficient (Wildman–Crippen LogP) is 4.69. The summed E-state index contributed by atoms with van der Waals surface area (Å²) in [5, 5.41) is 11.5. The molecule has 4 aliphatic carbocycles. The van der Waals surface area contributed by atoms with Gasteiger partial charge in [0.1, 0.15) is 5.78 Å². The molecule has 4 rings (SSSR count). The van der Waals surface area contributed by atoms with Gasteiger partial charge in [0, 0.05) is 19.3 Å². The van der Waals surface area contributed by atoms with Crippen molar-refractivity contribution in [2.75, 3.05) is 7.11 Å². The molecule has 0 heterocycles. The molecule has 4 aliphatic rings. The summed E-state index contributed by atoms with van der Waals surface area (Å²) < 4.78 is 4.84. The van der Waals surface area contributed by atoms with Crippen LogP contribution in [-0.2, 0) is 14.3 Å². The number of fused-ring (bicyclic) bond motifs is 5. The number of aliphatic hydroxyl groups is 1. The maximum absolute atomic E-state index is 12.0. The number of carbonyl (C=O) groups is 2. The highest BCUT2D eigenvalue weighted by Gasteiger charge is 2.62. The number of carbonyl (C=O) groups excluding carboxylic acids is 2. The summed E-state index contributed by atoms with van der Waals surface area (Å²) in [5.74, 6) is 2.76. The molecule has 0 unspecified atom stereocenters. The van der Waals surface area contributed by atoms with Crippen molar-refractivity contribution >= 4 is 11.8 Å². The van der Waals surface area contributed by atoms with Crippen molar-refractivity contribution < 1.29 is 19.4 Å². The Kier molecular flexibility index (Phi) is 5.46. The van der Waals surface area contributed by atoms with Crippen LogP contribution in [0.3, 0.4) is 0 Å². The van der Waals surface area contributed by atoms with Crippen molar-refractivity contribution in [3.8, 4) is 0 Å². The quantitative estimate of drug-likeness (QED) is 0.547. The third-order valence-corrected chi connectivity index (χ3v) is 9.83. The number of ether oxygens (including phenoxy) is 1. The first-order valence-electron chi connectivity index (χ1n) is 11.7. The molecule has 4 heteroatoms. The number of Topliss-reactive ketones (excluding diaryl/α,β-unsaturated/α-hetero) is 1. The Hall–Kier alpha value is -1.16. The Balaban J connectivity index is 1.57. The third-order valence-electron chi connectivity index (χ3n) is 9.83. The van der Waals surface area contributed by atoms with E-state index in [1.54, 1.807) is 0 Å². The van der Waals surface area contributed by atoms with Crippen LogP contribution in [0.2, 0.25) is 0 Å². The molecule has 4 nitrogen and oxygen atoms in total. The van der Waals surface area contributed by atoms with Crippen molar-refractivity contribution in [2.24, 2.45) is 40.4 Å². The second kappa shape index (κ2) is 7.51. The van der Waals surface area contributed by atoms with Gasteiger partial charge < -0.3 is 9.84 Å². The topological polar surface area (TPSA) is 63.6 Å². The van der Waals surface area contributed by atoms with E-state index in [2.05, 4.69) is 26.8 Å². The van der Waals surface area contributed by atoms with Gasteiger partial charge in [-0.25, -0.2) is 0 Å². The third kappa shape index (κ3) is 3.21. The smallest absolute Gasteiger partial charge is 0.305 e. The summed E-state index contributed by atoms with van der Waals surface area (Å²) in [4.78, 5) is 23.7. The molecule has 0 aromatic carbocycles. The molecule has 29 heavy (non-hydrogen) atoms. The van der Waals surface area contributed by atoms with Gasteiger partial charge in [-0.05, 0) is 78.9 Å². The lowest BCUT2D eigenvalue weighted by atomic mass is 9.46. The maximum atomic E-state index is 12.0. The van der Waals surface area contributed by atoms with Crippen molar-refractivity contribution in [1.29, 1.82) is 0 Å². The highest BCUT2D eigenvalue weighted by Crippen LogP contribution is 2.67. The Morgan fingerprint density at radius 1 is 1.31 bits per heavy atom. The number of aliphatic hydroxyl groups excluding tert-OH is 1. The molecule has 0 bridgehead atoms. The lowest BCUT2D eigenvalue weighted by molar-refractivity contribution is -0.143. The van der Waals surface area contributed by atoms with E-state index in [1.807, 2.05) is 0 Å². The zero-order chi connectivity index (χ0) is 21.0. The summed E-state index contributed by atoms with van der Waals surface area (Å²) in [5.41, 5.74) is 1.38. The summed E-state index contributed by atoms with van der Waals surface area (Å²) in [6.45, 7) is 6.95. The minimum absolute atomic E-state index is 0.0666. The molecule has 3 saturated carbocycles. The molecular formula is C25H38O4. The number of allylic oxidation sites excluding steroid dienone is 2. The number of rotatable bonds is 4. The van der Waals surface area contributed by atoms with Crippen LogP contribution in [0.25, 0.3) is 0 Å². The van der Waals surface area contributed by atoms with E-state index in [9.17, 15) is 14.7 Å². The van der Waals surface area contributed by atoms with Crippen molar-refractivity contribution in [3.63, 3.8) is 0 Å². The van der Waals surface area contributed by atoms with Crippen LogP contribution >= 0.6 is 0 Å². The summed E-state index contributed by atoms with van der Waals surface area (Å²) in [6, 6.07) is 0. The van der Waals surface area contributed by atoms with Gasteiger partial charge in [0.25, 0.3) is 0 Å². The fourth-order valence-corrected chi connectivity index (χ4v) is 8.05. The van der Waals surface area contributed by atoms with Crippen LogP contribution in [0.15, 0.2) is 11.6 Å². The molecule has 1 N–H and O–H groups in total. The van der Waals surface area contributed by atoms with Crippen molar-refractivity contribution in [1.82, 2.24) is 0 Å². The lowest BCUT2D eigenvalue weighted by Crippen LogP contribution is -2.56. The molecule has 0 spiro atoms. The van der Waals surface area contributed by atoms with Crippen LogP contribution < -0.4 is 0 Å². The van der Waals surface area contributed by atoms with Gasteiger partial charge in [-0.15, -0.1) is 0 Å². The Morgan fingerprint density at radius 3 is 2.79 bits per heavy atom. The van der Waals surface area contributed by atoms with E-state index in [-0.39, 0.29) is 22.9 Å². The largest absolute Gasteiger partial charge is 0.469 e. The fraction of sp³-hybridized carbons (Fsp3) is 0.840. The van der Waals surface area contributed by atoms with Gasteiger partial charge in [0.15, 0.2) is 0 Å². The minimum Gasteiger partial charge on any atom is -0.469 e.